The summed E-state index contributed by atoms with van der Waals surface area (Å²) in [5, 5.41) is 6.56. The molecule has 1 heteroatoms. The van der Waals surface area contributed by atoms with Gasteiger partial charge in [0.15, 0.2) is 0 Å². The molecule has 0 spiro atoms. The van der Waals surface area contributed by atoms with Crippen LogP contribution in [0.1, 0.15) is 71.9 Å². The van der Waals surface area contributed by atoms with Gasteiger partial charge in [-0.3, -0.25) is 0 Å². The standard InChI is InChI=1S/C55H48S/c1-9-18-50-33(6)45-31-37-26-28-49-54(46(37)32-51(45)56-50)47-30-36(25-27-48(47)55(49,7)8)35-20-16-21-38(29-35)52-40(12-4)41(13-5)53(44-23-15-14-22-43(44)52)42-24-17-19-34(10-2)39(42)11-3/h9-13,16-32,34,39H,2-5,14-15H2,1,6-8H3/b18-9-. The van der Waals surface area contributed by atoms with Crippen LogP contribution in [0, 0.1) is 18.8 Å². The van der Waals surface area contributed by atoms with Crippen molar-refractivity contribution in [3.63, 3.8) is 0 Å². The first kappa shape index (κ1) is 35.9. The summed E-state index contributed by atoms with van der Waals surface area (Å²) in [6, 6.07) is 25.9. The van der Waals surface area contributed by atoms with Gasteiger partial charge in [-0.05, 0) is 156 Å². The van der Waals surface area contributed by atoms with Crippen LogP contribution in [0.15, 0.2) is 130 Å². The third-order valence-corrected chi connectivity index (χ3v) is 13.9. The van der Waals surface area contributed by atoms with E-state index >= 15 is 0 Å². The van der Waals surface area contributed by atoms with Crippen LogP contribution in [0.5, 0.6) is 0 Å². The molecule has 274 valence electrons. The lowest BCUT2D eigenvalue weighted by atomic mass is 9.75. The maximum atomic E-state index is 4.40. The number of rotatable bonds is 8. The van der Waals surface area contributed by atoms with Crippen molar-refractivity contribution in [1.29, 1.82) is 0 Å². The first-order valence-corrected chi connectivity index (χ1v) is 20.7. The van der Waals surface area contributed by atoms with E-state index < -0.39 is 0 Å². The lowest BCUT2D eigenvalue weighted by molar-refractivity contribution is 0.661. The summed E-state index contributed by atoms with van der Waals surface area (Å²) < 4.78 is 1.35. The summed E-state index contributed by atoms with van der Waals surface area (Å²) >= 11 is 1.90. The van der Waals surface area contributed by atoms with Gasteiger partial charge < -0.3 is 0 Å². The molecule has 0 radical (unpaired) electrons. The second-order valence-corrected chi connectivity index (χ2v) is 17.1. The third-order valence-electron chi connectivity index (χ3n) is 12.7. The molecular formula is C55H48S. The number of aryl methyl sites for hydroxylation is 1. The highest BCUT2D eigenvalue weighted by Gasteiger charge is 2.37. The van der Waals surface area contributed by atoms with Gasteiger partial charge in [-0.15, -0.1) is 24.5 Å². The van der Waals surface area contributed by atoms with Gasteiger partial charge in [0.2, 0.25) is 0 Å². The van der Waals surface area contributed by atoms with E-state index in [-0.39, 0.29) is 17.3 Å². The van der Waals surface area contributed by atoms with Crippen LogP contribution >= 0.6 is 11.3 Å². The largest absolute Gasteiger partial charge is 0.136 e. The summed E-state index contributed by atoms with van der Waals surface area (Å²) in [4.78, 5) is 1.34. The Morgan fingerprint density at radius 3 is 2.18 bits per heavy atom. The SMILES string of the molecule is C=Cc1c(C=C)c(-c2cccc(-c3ccc4c(c3)-c3c(ccc5cc6c(C)c(/C=C\C)sc6cc35)C4(C)C)c2)c2c(c1C1=CC=CC(C=C)C1C=C)=CCCC=2. The molecule has 9 rings (SSSR count). The van der Waals surface area contributed by atoms with Crippen molar-refractivity contribution < 1.29 is 0 Å². The summed E-state index contributed by atoms with van der Waals surface area (Å²) in [5.41, 5.74) is 16.4. The molecule has 0 amide bonds. The Morgan fingerprint density at radius 1 is 0.732 bits per heavy atom. The molecule has 6 aromatic rings. The van der Waals surface area contributed by atoms with Gasteiger partial charge in [0.1, 0.15) is 0 Å². The minimum Gasteiger partial charge on any atom is -0.136 e. The highest BCUT2D eigenvalue weighted by molar-refractivity contribution is 7.20. The van der Waals surface area contributed by atoms with Crippen molar-refractivity contribution in [2.75, 3.05) is 0 Å². The Balaban J connectivity index is 1.22. The minimum atomic E-state index is -0.0946. The van der Waals surface area contributed by atoms with Gasteiger partial charge >= 0.3 is 0 Å². The number of allylic oxidation sites excluding steroid dienone is 7. The van der Waals surface area contributed by atoms with E-state index in [1.54, 1.807) is 0 Å². The molecule has 2 atom stereocenters. The lowest BCUT2D eigenvalue weighted by Gasteiger charge is -2.29. The normalized spacial score (nSPS) is 17.8. The summed E-state index contributed by atoms with van der Waals surface area (Å²) in [5.74, 6) is 0.322. The fourth-order valence-corrected chi connectivity index (χ4v) is 11.1. The Labute approximate surface area is 336 Å². The molecule has 0 bridgehead atoms. The smallest absolute Gasteiger partial charge is 0.0358 e. The van der Waals surface area contributed by atoms with Crippen molar-refractivity contribution in [3.8, 4) is 33.4 Å². The molecule has 56 heavy (non-hydrogen) atoms. The van der Waals surface area contributed by atoms with Crippen LogP contribution in [-0.4, -0.2) is 0 Å². The van der Waals surface area contributed by atoms with E-state index in [1.165, 1.54) is 97.4 Å². The van der Waals surface area contributed by atoms with Gasteiger partial charge in [-0.1, -0.05) is 130 Å². The fraction of sp³-hybridized carbons (Fsp3) is 0.164. The molecule has 0 N–H and O–H groups in total. The monoisotopic (exact) mass is 740 g/mol. The molecule has 3 aliphatic rings. The van der Waals surface area contributed by atoms with Crippen LogP contribution < -0.4 is 10.4 Å². The van der Waals surface area contributed by atoms with E-state index in [0.717, 1.165) is 24.0 Å². The van der Waals surface area contributed by atoms with Crippen molar-refractivity contribution >= 4 is 68.1 Å². The van der Waals surface area contributed by atoms with Crippen LogP contribution in [0.4, 0.5) is 0 Å². The molecule has 0 nitrogen and oxygen atoms in total. The number of thiophene rings is 1. The molecular weight excluding hydrogens is 693 g/mol. The molecule has 0 aliphatic heterocycles. The maximum absolute atomic E-state index is 4.40. The van der Waals surface area contributed by atoms with E-state index in [0.29, 0.717) is 0 Å². The summed E-state index contributed by atoms with van der Waals surface area (Å²) in [6.45, 7) is 26.3. The molecule has 0 saturated heterocycles. The fourth-order valence-electron chi connectivity index (χ4n) is 9.89. The minimum absolute atomic E-state index is 0.0946. The number of fused-ring (bicyclic) bond motifs is 7. The molecule has 1 heterocycles. The first-order chi connectivity index (χ1) is 27.2. The van der Waals surface area contributed by atoms with Crippen molar-refractivity contribution in [3.05, 3.63) is 178 Å². The van der Waals surface area contributed by atoms with Crippen molar-refractivity contribution in [2.24, 2.45) is 11.8 Å². The van der Waals surface area contributed by atoms with Gasteiger partial charge in [0.25, 0.3) is 0 Å². The maximum Gasteiger partial charge on any atom is 0.0358 e. The van der Waals surface area contributed by atoms with Gasteiger partial charge in [0.05, 0.1) is 0 Å². The van der Waals surface area contributed by atoms with E-state index in [1.807, 2.05) is 29.6 Å². The molecule has 5 aromatic carbocycles. The van der Waals surface area contributed by atoms with Crippen LogP contribution in [0.3, 0.4) is 0 Å². The Bertz CT molecular complexity index is 2930. The average Bonchev–Trinajstić information content (AvgIpc) is 3.66. The van der Waals surface area contributed by atoms with Gasteiger partial charge in [-0.25, -0.2) is 0 Å². The molecule has 2 unspecified atom stereocenters. The number of hydrogen-bond donors (Lipinski definition) is 0. The van der Waals surface area contributed by atoms with Crippen LogP contribution in [0.25, 0.3) is 90.2 Å². The van der Waals surface area contributed by atoms with Gasteiger partial charge in [0, 0.05) is 26.8 Å². The predicted molar refractivity (Wildman–Crippen MR) is 249 cm³/mol. The summed E-state index contributed by atoms with van der Waals surface area (Å²) in [7, 11) is 0. The Kier molecular flexibility index (Phi) is 8.83. The van der Waals surface area contributed by atoms with E-state index in [2.05, 4.69) is 169 Å². The average molecular weight is 741 g/mol. The highest BCUT2D eigenvalue weighted by atomic mass is 32.1. The molecule has 1 aromatic heterocycles. The number of hydrogen-bond acceptors (Lipinski definition) is 1. The van der Waals surface area contributed by atoms with E-state index in [9.17, 15) is 0 Å². The highest BCUT2D eigenvalue weighted by Crippen LogP contribution is 2.53. The zero-order valence-electron chi connectivity index (χ0n) is 33.0. The zero-order valence-corrected chi connectivity index (χ0v) is 33.8. The van der Waals surface area contributed by atoms with E-state index in [4.69, 9.17) is 0 Å². The molecule has 0 fully saturated rings. The van der Waals surface area contributed by atoms with Crippen molar-refractivity contribution in [1.82, 2.24) is 0 Å². The van der Waals surface area contributed by atoms with Gasteiger partial charge in [-0.2, -0.15) is 0 Å². The summed E-state index contributed by atoms with van der Waals surface area (Å²) in [6.07, 6.45) is 26.1. The van der Waals surface area contributed by atoms with Crippen LogP contribution in [-0.2, 0) is 5.41 Å². The lowest BCUT2D eigenvalue weighted by Crippen LogP contribution is -2.35. The predicted octanol–water partition coefficient (Wildman–Crippen LogP) is 14.2. The second kappa shape index (κ2) is 13.8. The second-order valence-electron chi connectivity index (χ2n) is 16.0. The Hall–Kier alpha value is -5.76. The quantitative estimate of drug-likeness (QED) is 0.136. The number of benzene rings is 5. The Morgan fingerprint density at radius 2 is 1.45 bits per heavy atom. The molecule has 3 aliphatic carbocycles. The van der Waals surface area contributed by atoms with Crippen molar-refractivity contribution in [2.45, 2.75) is 46.0 Å². The molecule has 0 saturated carbocycles. The topological polar surface area (TPSA) is 0 Å². The zero-order chi connectivity index (χ0) is 38.9. The first-order valence-electron chi connectivity index (χ1n) is 19.9. The third kappa shape index (κ3) is 5.32. The van der Waals surface area contributed by atoms with Crippen LogP contribution in [0.2, 0.25) is 0 Å².